The van der Waals surface area contributed by atoms with E-state index >= 15 is 0 Å². The van der Waals surface area contributed by atoms with Crippen molar-refractivity contribution in [3.8, 4) is 5.75 Å². The van der Waals surface area contributed by atoms with Crippen molar-refractivity contribution in [1.82, 2.24) is 4.90 Å². The molecular formula is C17H18N2O2S. The van der Waals surface area contributed by atoms with E-state index in [0.717, 1.165) is 29.3 Å². The summed E-state index contributed by atoms with van der Waals surface area (Å²) in [6, 6.07) is 15.5. The van der Waals surface area contributed by atoms with Crippen molar-refractivity contribution in [3.63, 3.8) is 0 Å². The van der Waals surface area contributed by atoms with E-state index in [0.29, 0.717) is 6.54 Å². The van der Waals surface area contributed by atoms with E-state index in [2.05, 4.69) is 11.4 Å². The summed E-state index contributed by atoms with van der Waals surface area (Å²) in [5.41, 5.74) is 1.94. The molecule has 0 radical (unpaired) electrons. The first-order valence-corrected chi connectivity index (χ1v) is 8.15. The number of thioether (sulfide) groups is 1. The van der Waals surface area contributed by atoms with Crippen molar-refractivity contribution in [1.29, 1.82) is 0 Å². The number of nitrogens with zero attached hydrogens (tertiary/aromatic N) is 1. The van der Waals surface area contributed by atoms with Gasteiger partial charge in [0, 0.05) is 29.4 Å². The van der Waals surface area contributed by atoms with Crippen LogP contribution < -0.4 is 10.1 Å². The number of carbonyl (C=O) groups is 1. The first kappa shape index (κ1) is 14.8. The van der Waals surface area contributed by atoms with Crippen molar-refractivity contribution in [2.75, 3.05) is 24.7 Å². The van der Waals surface area contributed by atoms with Crippen LogP contribution in [0.5, 0.6) is 5.75 Å². The summed E-state index contributed by atoms with van der Waals surface area (Å²) >= 11 is 1.78. The molecule has 4 nitrogen and oxygen atoms in total. The van der Waals surface area contributed by atoms with Gasteiger partial charge in [0.1, 0.15) is 5.75 Å². The van der Waals surface area contributed by atoms with Crippen LogP contribution in [0.15, 0.2) is 53.4 Å². The molecule has 0 unspecified atom stereocenters. The Balaban J connectivity index is 1.75. The number of nitrogens with one attached hydrogen (secondary N) is 1. The van der Waals surface area contributed by atoms with E-state index in [9.17, 15) is 4.79 Å². The van der Waals surface area contributed by atoms with Crippen LogP contribution in [-0.2, 0) is 6.54 Å². The minimum absolute atomic E-state index is 0.0672. The number of carbonyl (C=O) groups excluding carboxylic acids is 1. The molecule has 114 valence electrons. The van der Waals surface area contributed by atoms with E-state index in [4.69, 9.17) is 4.74 Å². The van der Waals surface area contributed by atoms with Crippen LogP contribution in [0.1, 0.15) is 5.56 Å². The first-order valence-electron chi connectivity index (χ1n) is 7.17. The van der Waals surface area contributed by atoms with Gasteiger partial charge in [0.05, 0.1) is 7.11 Å². The lowest BCUT2D eigenvalue weighted by atomic mass is 10.2. The second-order valence-electron chi connectivity index (χ2n) is 5.04. The number of urea groups is 1. The zero-order valence-electron chi connectivity index (χ0n) is 12.4. The Labute approximate surface area is 134 Å². The molecule has 0 atom stereocenters. The molecule has 22 heavy (non-hydrogen) atoms. The highest BCUT2D eigenvalue weighted by Gasteiger charge is 2.19. The fraction of sp³-hybridized carbons (Fsp3) is 0.235. The van der Waals surface area contributed by atoms with Gasteiger partial charge in [-0.1, -0.05) is 18.2 Å². The number of benzene rings is 2. The summed E-state index contributed by atoms with van der Waals surface area (Å²) in [5, 5.41) is 2.95. The molecule has 1 N–H and O–H groups in total. The fourth-order valence-corrected chi connectivity index (χ4v) is 3.40. The lowest BCUT2D eigenvalue weighted by molar-refractivity contribution is 0.212. The third kappa shape index (κ3) is 3.36. The average Bonchev–Trinajstić information content (AvgIpc) is 2.77. The molecule has 0 fully saturated rings. The van der Waals surface area contributed by atoms with Gasteiger partial charge in [0.2, 0.25) is 0 Å². The number of ether oxygens (including phenoxy) is 1. The summed E-state index contributed by atoms with van der Waals surface area (Å²) in [4.78, 5) is 15.5. The van der Waals surface area contributed by atoms with Crippen LogP contribution in [-0.4, -0.2) is 30.3 Å². The van der Waals surface area contributed by atoms with Crippen LogP contribution in [0.25, 0.3) is 0 Å². The van der Waals surface area contributed by atoms with Crippen molar-refractivity contribution in [2.24, 2.45) is 0 Å². The van der Waals surface area contributed by atoms with Crippen molar-refractivity contribution in [3.05, 3.63) is 54.1 Å². The third-order valence-corrected chi connectivity index (χ3v) is 4.66. The van der Waals surface area contributed by atoms with Gasteiger partial charge in [-0.05, 0) is 35.9 Å². The molecule has 0 spiro atoms. The van der Waals surface area contributed by atoms with Crippen LogP contribution in [0, 0.1) is 0 Å². The summed E-state index contributed by atoms with van der Waals surface area (Å²) in [5.74, 6) is 1.71. The molecule has 2 aromatic carbocycles. The Kier molecular flexibility index (Phi) is 4.53. The highest BCUT2D eigenvalue weighted by atomic mass is 32.2. The van der Waals surface area contributed by atoms with Crippen LogP contribution >= 0.6 is 11.8 Å². The van der Waals surface area contributed by atoms with Crippen LogP contribution in [0.2, 0.25) is 0 Å². The number of amides is 2. The Morgan fingerprint density at radius 3 is 2.82 bits per heavy atom. The average molecular weight is 314 g/mol. The van der Waals surface area contributed by atoms with Gasteiger partial charge in [-0.3, -0.25) is 0 Å². The molecule has 1 aliphatic rings. The molecule has 1 heterocycles. The standard InChI is InChI=1S/C17H18N2O2S/c1-21-15-7-8-16-13(11-15)12-19(9-10-22-16)17(20)18-14-5-3-2-4-6-14/h2-8,11H,9-10,12H2,1H3,(H,18,20). The molecule has 2 aromatic rings. The molecule has 0 saturated carbocycles. The van der Waals surface area contributed by atoms with Gasteiger partial charge in [0.15, 0.2) is 0 Å². The second-order valence-corrected chi connectivity index (χ2v) is 6.18. The van der Waals surface area contributed by atoms with E-state index in [1.54, 1.807) is 18.9 Å². The Morgan fingerprint density at radius 1 is 1.23 bits per heavy atom. The maximum Gasteiger partial charge on any atom is 0.322 e. The highest BCUT2D eigenvalue weighted by molar-refractivity contribution is 7.99. The van der Waals surface area contributed by atoms with Gasteiger partial charge in [-0.15, -0.1) is 11.8 Å². The zero-order chi connectivity index (χ0) is 15.4. The first-order chi connectivity index (χ1) is 10.8. The topological polar surface area (TPSA) is 41.6 Å². The van der Waals surface area contributed by atoms with E-state index in [1.165, 1.54) is 4.90 Å². The lowest BCUT2D eigenvalue weighted by Crippen LogP contribution is -2.35. The quantitative estimate of drug-likeness (QED) is 0.916. The normalized spacial score (nSPS) is 14.0. The van der Waals surface area contributed by atoms with Crippen molar-refractivity contribution < 1.29 is 9.53 Å². The number of hydrogen-bond donors (Lipinski definition) is 1. The summed E-state index contributed by atoms with van der Waals surface area (Å²) < 4.78 is 5.28. The molecule has 1 aliphatic heterocycles. The highest BCUT2D eigenvalue weighted by Crippen LogP contribution is 2.30. The molecule has 0 bridgehead atoms. The minimum atomic E-state index is -0.0672. The summed E-state index contributed by atoms with van der Waals surface area (Å²) in [6.07, 6.45) is 0. The predicted octanol–water partition coefficient (Wildman–Crippen LogP) is 3.84. The molecular weight excluding hydrogens is 296 g/mol. The van der Waals surface area contributed by atoms with Crippen LogP contribution in [0.3, 0.4) is 0 Å². The lowest BCUT2D eigenvalue weighted by Gasteiger charge is -2.21. The molecule has 5 heteroatoms. The maximum atomic E-state index is 12.5. The molecule has 0 saturated heterocycles. The number of para-hydroxylation sites is 1. The largest absolute Gasteiger partial charge is 0.497 e. The Hall–Kier alpha value is -2.14. The van der Waals surface area contributed by atoms with Gasteiger partial charge in [-0.25, -0.2) is 4.79 Å². The zero-order valence-corrected chi connectivity index (χ0v) is 13.2. The van der Waals surface area contributed by atoms with E-state index in [1.807, 2.05) is 47.4 Å². The Morgan fingerprint density at radius 2 is 2.05 bits per heavy atom. The van der Waals surface area contributed by atoms with Gasteiger partial charge >= 0.3 is 6.03 Å². The number of hydrogen-bond acceptors (Lipinski definition) is 3. The van der Waals surface area contributed by atoms with Gasteiger partial charge in [0.25, 0.3) is 0 Å². The van der Waals surface area contributed by atoms with Crippen molar-refractivity contribution in [2.45, 2.75) is 11.4 Å². The molecule has 0 aromatic heterocycles. The van der Waals surface area contributed by atoms with Crippen LogP contribution in [0.4, 0.5) is 10.5 Å². The Bertz CT molecular complexity index is 661. The molecule has 0 aliphatic carbocycles. The fourth-order valence-electron chi connectivity index (χ4n) is 2.40. The smallest absolute Gasteiger partial charge is 0.322 e. The SMILES string of the molecule is COc1ccc2c(c1)CN(C(=O)Nc1ccccc1)CCS2. The van der Waals surface area contributed by atoms with Gasteiger partial charge < -0.3 is 15.0 Å². The number of anilines is 1. The molecule has 3 rings (SSSR count). The summed E-state index contributed by atoms with van der Waals surface area (Å²) in [6.45, 7) is 1.32. The number of rotatable bonds is 2. The third-order valence-electron chi connectivity index (χ3n) is 3.56. The van der Waals surface area contributed by atoms with Gasteiger partial charge in [-0.2, -0.15) is 0 Å². The number of methoxy groups -OCH3 is 1. The summed E-state index contributed by atoms with van der Waals surface area (Å²) in [7, 11) is 1.66. The maximum absolute atomic E-state index is 12.5. The molecule has 2 amide bonds. The monoisotopic (exact) mass is 314 g/mol. The van der Waals surface area contributed by atoms with E-state index in [-0.39, 0.29) is 6.03 Å². The van der Waals surface area contributed by atoms with E-state index < -0.39 is 0 Å². The minimum Gasteiger partial charge on any atom is -0.497 e. The van der Waals surface area contributed by atoms with Crippen molar-refractivity contribution >= 4 is 23.5 Å². The second kappa shape index (κ2) is 6.75. The number of fused-ring (bicyclic) bond motifs is 1. The predicted molar refractivity (Wildman–Crippen MR) is 89.6 cm³/mol.